The average molecular weight is 447 g/mol. The Balaban J connectivity index is 2.22. The van der Waals surface area contributed by atoms with Gasteiger partial charge in [-0.3, -0.25) is 9.59 Å². The molecule has 0 aliphatic rings. The maximum atomic E-state index is 13.2. The van der Waals surface area contributed by atoms with E-state index in [-0.39, 0.29) is 25.0 Å². The second-order valence-electron chi connectivity index (χ2n) is 8.28. The molecule has 2 aromatic rings. The van der Waals surface area contributed by atoms with Crippen LogP contribution in [0.25, 0.3) is 0 Å². The summed E-state index contributed by atoms with van der Waals surface area (Å²) in [5, 5.41) is 3.57. The molecule has 31 heavy (non-hydrogen) atoms. The largest absolute Gasteiger partial charge is 0.497 e. The van der Waals surface area contributed by atoms with Crippen LogP contribution < -0.4 is 14.8 Å². The number of nitrogens with one attached hydrogen (secondary N) is 1. The molecule has 7 heteroatoms. The molecule has 0 aliphatic heterocycles. The highest BCUT2D eigenvalue weighted by Gasteiger charge is 2.30. The molecular formula is C24H31ClN2O4. The highest BCUT2D eigenvalue weighted by Crippen LogP contribution is 2.19. The Morgan fingerprint density at radius 2 is 1.61 bits per heavy atom. The first-order valence-electron chi connectivity index (χ1n) is 10.3. The van der Waals surface area contributed by atoms with Gasteiger partial charge < -0.3 is 19.7 Å². The van der Waals surface area contributed by atoms with Gasteiger partial charge in [-0.1, -0.05) is 30.7 Å². The zero-order valence-corrected chi connectivity index (χ0v) is 19.5. The Kier molecular flexibility index (Phi) is 8.75. The first-order chi connectivity index (χ1) is 14.6. The summed E-state index contributed by atoms with van der Waals surface area (Å²) in [6, 6.07) is 13.6. The summed E-state index contributed by atoms with van der Waals surface area (Å²) in [7, 11) is 1.60. The fourth-order valence-corrected chi connectivity index (χ4v) is 3.18. The van der Waals surface area contributed by atoms with E-state index in [1.807, 2.05) is 52.0 Å². The van der Waals surface area contributed by atoms with Gasteiger partial charge in [-0.05, 0) is 69.2 Å². The van der Waals surface area contributed by atoms with Crippen LogP contribution in [0.3, 0.4) is 0 Å². The minimum Gasteiger partial charge on any atom is -0.497 e. The molecule has 2 rings (SSSR count). The Hall–Kier alpha value is -2.73. The molecule has 2 aromatic carbocycles. The Morgan fingerprint density at radius 1 is 1.03 bits per heavy atom. The number of hydrogen-bond donors (Lipinski definition) is 1. The van der Waals surface area contributed by atoms with Crippen molar-refractivity contribution in [3.05, 3.63) is 59.1 Å². The van der Waals surface area contributed by atoms with Crippen LogP contribution in [0.5, 0.6) is 11.5 Å². The quantitative estimate of drug-likeness (QED) is 0.617. The molecule has 6 nitrogen and oxygen atoms in total. The smallest absolute Gasteiger partial charge is 0.261 e. The van der Waals surface area contributed by atoms with Crippen LogP contribution in [0.2, 0.25) is 5.02 Å². The molecular weight excluding hydrogens is 416 g/mol. The zero-order chi connectivity index (χ0) is 23.0. The summed E-state index contributed by atoms with van der Waals surface area (Å²) >= 11 is 5.90. The summed E-state index contributed by atoms with van der Waals surface area (Å²) in [5.41, 5.74) is 0.488. The maximum Gasteiger partial charge on any atom is 0.261 e. The SMILES string of the molecule is CC[C@@H](C(=O)NC(C)(C)C)N(Cc1ccc(OC)cc1)C(=O)COc1ccc(Cl)cc1. The fraction of sp³-hybridized carbons (Fsp3) is 0.417. The normalized spacial score (nSPS) is 12.1. The van der Waals surface area contributed by atoms with E-state index < -0.39 is 11.6 Å². The van der Waals surface area contributed by atoms with Gasteiger partial charge >= 0.3 is 0 Å². The van der Waals surface area contributed by atoms with Crippen LogP contribution in [0, 0.1) is 0 Å². The summed E-state index contributed by atoms with van der Waals surface area (Å²) in [6.07, 6.45) is 0.477. The molecule has 0 radical (unpaired) electrons. The first-order valence-corrected chi connectivity index (χ1v) is 10.6. The number of carbonyl (C=O) groups excluding carboxylic acids is 2. The Morgan fingerprint density at radius 3 is 2.13 bits per heavy atom. The van der Waals surface area contributed by atoms with Crippen molar-refractivity contribution in [2.45, 2.75) is 52.2 Å². The third kappa shape index (κ3) is 7.79. The van der Waals surface area contributed by atoms with Crippen LogP contribution in [-0.4, -0.2) is 42.0 Å². The van der Waals surface area contributed by atoms with Crippen molar-refractivity contribution in [3.63, 3.8) is 0 Å². The van der Waals surface area contributed by atoms with Gasteiger partial charge in [0.05, 0.1) is 7.11 Å². The van der Waals surface area contributed by atoms with Gasteiger partial charge in [0.2, 0.25) is 5.91 Å². The second-order valence-corrected chi connectivity index (χ2v) is 8.71. The molecule has 2 amide bonds. The lowest BCUT2D eigenvalue weighted by Crippen LogP contribution is -2.54. The number of carbonyl (C=O) groups is 2. The number of nitrogens with zero attached hydrogens (tertiary/aromatic N) is 1. The predicted molar refractivity (Wildman–Crippen MR) is 122 cm³/mol. The minimum atomic E-state index is -0.623. The Labute approximate surface area is 189 Å². The van der Waals surface area contributed by atoms with Crippen molar-refractivity contribution < 1.29 is 19.1 Å². The van der Waals surface area contributed by atoms with Gasteiger partial charge in [0, 0.05) is 17.1 Å². The number of methoxy groups -OCH3 is 1. The number of amides is 2. The van der Waals surface area contributed by atoms with Crippen LogP contribution in [0.15, 0.2) is 48.5 Å². The number of halogens is 1. The van der Waals surface area contributed by atoms with Crippen molar-refractivity contribution in [2.24, 2.45) is 0 Å². The highest BCUT2D eigenvalue weighted by atomic mass is 35.5. The lowest BCUT2D eigenvalue weighted by Gasteiger charge is -2.33. The van der Waals surface area contributed by atoms with E-state index in [1.165, 1.54) is 0 Å². The van der Waals surface area contributed by atoms with Crippen LogP contribution in [0.4, 0.5) is 0 Å². The molecule has 0 fully saturated rings. The van der Waals surface area contributed by atoms with Gasteiger partial charge in [0.15, 0.2) is 6.61 Å². The molecule has 0 aromatic heterocycles. The van der Waals surface area contributed by atoms with Crippen molar-refractivity contribution in [1.29, 1.82) is 0 Å². The van der Waals surface area contributed by atoms with E-state index in [2.05, 4.69) is 5.32 Å². The molecule has 1 N–H and O–H groups in total. The zero-order valence-electron chi connectivity index (χ0n) is 18.8. The molecule has 168 valence electrons. The fourth-order valence-electron chi connectivity index (χ4n) is 3.06. The summed E-state index contributed by atoms with van der Waals surface area (Å²) in [6.45, 7) is 7.73. The summed E-state index contributed by atoms with van der Waals surface area (Å²) in [5.74, 6) is 0.796. The van der Waals surface area contributed by atoms with Gasteiger partial charge in [-0.25, -0.2) is 0 Å². The van der Waals surface area contributed by atoms with Crippen LogP contribution >= 0.6 is 11.6 Å². The maximum absolute atomic E-state index is 13.2. The monoisotopic (exact) mass is 446 g/mol. The second kappa shape index (κ2) is 11.0. The molecule has 0 aliphatic carbocycles. The van der Waals surface area contributed by atoms with E-state index >= 15 is 0 Å². The average Bonchev–Trinajstić information content (AvgIpc) is 2.72. The molecule has 0 saturated carbocycles. The topological polar surface area (TPSA) is 67.9 Å². The molecule has 1 atom stereocenters. The third-order valence-corrected chi connectivity index (χ3v) is 4.82. The van der Waals surface area contributed by atoms with Crippen molar-refractivity contribution in [3.8, 4) is 11.5 Å². The van der Waals surface area contributed by atoms with Gasteiger partial charge in [-0.15, -0.1) is 0 Å². The van der Waals surface area contributed by atoms with E-state index in [0.29, 0.717) is 17.2 Å². The van der Waals surface area contributed by atoms with E-state index in [4.69, 9.17) is 21.1 Å². The van der Waals surface area contributed by atoms with Crippen molar-refractivity contribution in [2.75, 3.05) is 13.7 Å². The minimum absolute atomic E-state index is 0.183. The number of hydrogen-bond acceptors (Lipinski definition) is 4. The first kappa shape index (κ1) is 24.5. The summed E-state index contributed by atoms with van der Waals surface area (Å²) in [4.78, 5) is 27.7. The number of rotatable bonds is 9. The lowest BCUT2D eigenvalue weighted by atomic mass is 10.1. The molecule has 0 unspecified atom stereocenters. The Bertz CT molecular complexity index is 861. The van der Waals surface area contributed by atoms with E-state index in [0.717, 1.165) is 11.3 Å². The standard InChI is InChI=1S/C24H31ClN2O4/c1-6-21(23(29)26-24(2,3)4)27(15-17-7-11-19(30-5)12-8-17)22(28)16-31-20-13-9-18(25)10-14-20/h7-14,21H,6,15-16H2,1-5H3,(H,26,29)/t21-/m0/s1. The van der Waals surface area contributed by atoms with Crippen LogP contribution in [0.1, 0.15) is 39.7 Å². The molecule has 0 bridgehead atoms. The highest BCUT2D eigenvalue weighted by molar-refractivity contribution is 6.30. The predicted octanol–water partition coefficient (Wildman–Crippen LogP) is 4.45. The summed E-state index contributed by atoms with van der Waals surface area (Å²) < 4.78 is 10.9. The number of benzene rings is 2. The molecule has 0 heterocycles. The van der Waals surface area contributed by atoms with Gasteiger partial charge in [0.1, 0.15) is 17.5 Å². The van der Waals surface area contributed by atoms with Crippen molar-refractivity contribution in [1.82, 2.24) is 10.2 Å². The van der Waals surface area contributed by atoms with E-state index in [9.17, 15) is 9.59 Å². The van der Waals surface area contributed by atoms with Crippen LogP contribution in [-0.2, 0) is 16.1 Å². The third-order valence-electron chi connectivity index (χ3n) is 4.57. The van der Waals surface area contributed by atoms with E-state index in [1.54, 1.807) is 36.3 Å². The van der Waals surface area contributed by atoms with Gasteiger partial charge in [0.25, 0.3) is 5.91 Å². The molecule has 0 saturated heterocycles. The van der Waals surface area contributed by atoms with Gasteiger partial charge in [-0.2, -0.15) is 0 Å². The lowest BCUT2D eigenvalue weighted by molar-refractivity contribution is -0.143. The molecule has 0 spiro atoms. The number of ether oxygens (including phenoxy) is 2. The van der Waals surface area contributed by atoms with Crippen molar-refractivity contribution >= 4 is 23.4 Å².